The van der Waals surface area contributed by atoms with Gasteiger partial charge in [-0.1, -0.05) is 24.3 Å². The van der Waals surface area contributed by atoms with E-state index in [1.54, 1.807) is 19.9 Å². The second kappa shape index (κ2) is 3.80. The van der Waals surface area contributed by atoms with E-state index in [2.05, 4.69) is 24.0 Å². The van der Waals surface area contributed by atoms with Crippen LogP contribution in [0.15, 0.2) is 30.3 Å². The Hall–Kier alpha value is -1.54. The van der Waals surface area contributed by atoms with E-state index < -0.39 is 5.60 Å². The molecule has 2 heteroatoms. The van der Waals surface area contributed by atoms with Gasteiger partial charge in [0.15, 0.2) is 0 Å². The molecule has 0 amide bonds. The maximum absolute atomic E-state index is 9.64. The average Bonchev–Trinajstić information content (AvgIpc) is 2.53. The van der Waals surface area contributed by atoms with Crippen LogP contribution in [-0.2, 0) is 0 Å². The zero-order valence-corrected chi connectivity index (χ0v) is 9.91. The van der Waals surface area contributed by atoms with E-state index in [1.807, 2.05) is 18.2 Å². The SMILES string of the molecule is Cc1c(C=CC(C)(C)O)[nH]c2ccccc12. The Balaban J connectivity index is 2.46. The van der Waals surface area contributed by atoms with Crippen molar-refractivity contribution < 1.29 is 5.11 Å². The summed E-state index contributed by atoms with van der Waals surface area (Å²) in [5, 5.41) is 10.9. The number of aromatic nitrogens is 1. The largest absolute Gasteiger partial charge is 0.386 e. The first-order valence-corrected chi connectivity index (χ1v) is 5.46. The van der Waals surface area contributed by atoms with Crippen molar-refractivity contribution in [2.75, 3.05) is 0 Å². The minimum atomic E-state index is -0.774. The molecule has 0 radical (unpaired) electrons. The molecule has 0 aliphatic heterocycles. The summed E-state index contributed by atoms with van der Waals surface area (Å²) in [6.07, 6.45) is 3.74. The summed E-state index contributed by atoms with van der Waals surface area (Å²) in [6, 6.07) is 8.21. The molecule has 1 aromatic carbocycles. The van der Waals surface area contributed by atoms with Crippen molar-refractivity contribution in [3.63, 3.8) is 0 Å². The lowest BCUT2D eigenvalue weighted by Crippen LogP contribution is -2.13. The number of H-pyrrole nitrogens is 1. The maximum Gasteiger partial charge on any atom is 0.0775 e. The first kappa shape index (κ1) is 11.0. The number of hydrogen-bond acceptors (Lipinski definition) is 1. The Labute approximate surface area is 95.6 Å². The monoisotopic (exact) mass is 215 g/mol. The van der Waals surface area contributed by atoms with Crippen molar-refractivity contribution in [2.45, 2.75) is 26.4 Å². The van der Waals surface area contributed by atoms with Crippen LogP contribution >= 0.6 is 0 Å². The van der Waals surface area contributed by atoms with Crippen molar-refractivity contribution in [1.29, 1.82) is 0 Å². The first-order chi connectivity index (χ1) is 7.47. The van der Waals surface area contributed by atoms with Crippen LogP contribution in [0.25, 0.3) is 17.0 Å². The molecular weight excluding hydrogens is 198 g/mol. The summed E-state index contributed by atoms with van der Waals surface area (Å²) in [7, 11) is 0. The number of aryl methyl sites for hydroxylation is 1. The Morgan fingerprint density at radius 2 is 1.94 bits per heavy atom. The molecule has 0 spiro atoms. The third-order valence-electron chi connectivity index (χ3n) is 2.66. The van der Waals surface area contributed by atoms with E-state index in [0.717, 1.165) is 11.2 Å². The number of benzene rings is 1. The standard InChI is InChI=1S/C14H17NO/c1-10-11-6-4-5-7-13(11)15-12(10)8-9-14(2,3)16/h4-9,15-16H,1-3H3. The van der Waals surface area contributed by atoms with Gasteiger partial charge in [-0.15, -0.1) is 0 Å². The predicted octanol–water partition coefficient (Wildman–Crippen LogP) is 3.26. The molecule has 0 aliphatic carbocycles. The summed E-state index contributed by atoms with van der Waals surface area (Å²) < 4.78 is 0. The highest BCUT2D eigenvalue weighted by molar-refractivity contribution is 5.86. The Bertz CT molecular complexity index is 529. The van der Waals surface area contributed by atoms with Crippen molar-refractivity contribution >= 4 is 17.0 Å². The predicted molar refractivity (Wildman–Crippen MR) is 68.4 cm³/mol. The van der Waals surface area contributed by atoms with E-state index in [0.29, 0.717) is 0 Å². The normalized spacial score (nSPS) is 12.8. The summed E-state index contributed by atoms with van der Waals surface area (Å²) in [5.74, 6) is 0. The molecule has 2 aromatic rings. The molecule has 2 nitrogen and oxygen atoms in total. The van der Waals surface area contributed by atoms with Gasteiger partial charge in [0.2, 0.25) is 0 Å². The number of nitrogens with one attached hydrogen (secondary N) is 1. The van der Waals surface area contributed by atoms with Gasteiger partial charge in [-0.2, -0.15) is 0 Å². The number of aliphatic hydroxyl groups is 1. The van der Waals surface area contributed by atoms with Gasteiger partial charge >= 0.3 is 0 Å². The molecule has 84 valence electrons. The average molecular weight is 215 g/mol. The zero-order chi connectivity index (χ0) is 11.8. The fraction of sp³-hybridized carbons (Fsp3) is 0.286. The molecule has 0 unspecified atom stereocenters. The molecule has 2 N–H and O–H groups in total. The summed E-state index contributed by atoms with van der Waals surface area (Å²) in [4.78, 5) is 3.34. The van der Waals surface area contributed by atoms with Crippen LogP contribution < -0.4 is 0 Å². The second-order valence-electron chi connectivity index (χ2n) is 4.70. The molecule has 1 aromatic heterocycles. The summed E-state index contributed by atoms with van der Waals surface area (Å²) in [6.45, 7) is 5.62. The molecule has 0 atom stereocenters. The van der Waals surface area contributed by atoms with E-state index in [1.165, 1.54) is 10.9 Å². The van der Waals surface area contributed by atoms with Gasteiger partial charge in [-0.25, -0.2) is 0 Å². The third-order valence-corrected chi connectivity index (χ3v) is 2.66. The first-order valence-electron chi connectivity index (χ1n) is 5.46. The van der Waals surface area contributed by atoms with E-state index >= 15 is 0 Å². The summed E-state index contributed by atoms with van der Waals surface area (Å²) >= 11 is 0. The number of aromatic amines is 1. The minimum absolute atomic E-state index is 0.774. The van der Waals surface area contributed by atoms with Gasteiger partial charge < -0.3 is 10.1 Å². The van der Waals surface area contributed by atoms with Crippen LogP contribution in [-0.4, -0.2) is 15.7 Å². The lowest BCUT2D eigenvalue weighted by Gasteiger charge is -2.09. The van der Waals surface area contributed by atoms with Crippen molar-refractivity contribution in [1.82, 2.24) is 4.98 Å². The van der Waals surface area contributed by atoms with Crippen LogP contribution in [0.5, 0.6) is 0 Å². The van der Waals surface area contributed by atoms with Crippen LogP contribution in [0.1, 0.15) is 25.1 Å². The summed E-state index contributed by atoms with van der Waals surface area (Å²) in [5.41, 5.74) is 2.64. The van der Waals surface area contributed by atoms with Crippen LogP contribution in [0.2, 0.25) is 0 Å². The van der Waals surface area contributed by atoms with Crippen molar-refractivity contribution in [3.8, 4) is 0 Å². The number of hydrogen-bond donors (Lipinski definition) is 2. The Morgan fingerprint density at radius 3 is 2.56 bits per heavy atom. The zero-order valence-electron chi connectivity index (χ0n) is 9.91. The Morgan fingerprint density at radius 1 is 1.25 bits per heavy atom. The van der Waals surface area contributed by atoms with Gasteiger partial charge in [0.25, 0.3) is 0 Å². The molecule has 0 fully saturated rings. The van der Waals surface area contributed by atoms with Crippen molar-refractivity contribution in [3.05, 3.63) is 41.6 Å². The number of para-hydroxylation sites is 1. The molecular formula is C14H17NO. The molecule has 1 heterocycles. The topological polar surface area (TPSA) is 36.0 Å². The fourth-order valence-electron chi connectivity index (χ4n) is 1.76. The Kier molecular flexibility index (Phi) is 2.60. The second-order valence-corrected chi connectivity index (χ2v) is 4.70. The van der Waals surface area contributed by atoms with Gasteiger partial charge in [0.05, 0.1) is 5.60 Å². The van der Waals surface area contributed by atoms with Gasteiger partial charge in [0.1, 0.15) is 0 Å². The molecule has 2 rings (SSSR count). The lowest BCUT2D eigenvalue weighted by atomic mass is 10.1. The van der Waals surface area contributed by atoms with Gasteiger partial charge in [0, 0.05) is 16.6 Å². The van der Waals surface area contributed by atoms with Crippen molar-refractivity contribution in [2.24, 2.45) is 0 Å². The lowest BCUT2D eigenvalue weighted by molar-refractivity contribution is 0.134. The van der Waals surface area contributed by atoms with Crippen LogP contribution in [0, 0.1) is 6.92 Å². The molecule has 0 bridgehead atoms. The quantitative estimate of drug-likeness (QED) is 0.792. The number of rotatable bonds is 2. The van der Waals surface area contributed by atoms with Crippen LogP contribution in [0.4, 0.5) is 0 Å². The molecule has 0 saturated carbocycles. The highest BCUT2D eigenvalue weighted by Crippen LogP contribution is 2.22. The highest BCUT2D eigenvalue weighted by Gasteiger charge is 2.08. The van der Waals surface area contributed by atoms with E-state index in [-0.39, 0.29) is 0 Å². The minimum Gasteiger partial charge on any atom is -0.386 e. The molecule has 0 saturated heterocycles. The van der Waals surface area contributed by atoms with Gasteiger partial charge in [-0.3, -0.25) is 0 Å². The van der Waals surface area contributed by atoms with E-state index in [9.17, 15) is 5.11 Å². The molecule has 16 heavy (non-hydrogen) atoms. The van der Waals surface area contributed by atoms with Gasteiger partial charge in [-0.05, 0) is 38.5 Å². The smallest absolute Gasteiger partial charge is 0.0775 e. The number of fused-ring (bicyclic) bond motifs is 1. The maximum atomic E-state index is 9.64. The molecule has 0 aliphatic rings. The third kappa shape index (κ3) is 2.17. The van der Waals surface area contributed by atoms with Crippen LogP contribution in [0.3, 0.4) is 0 Å². The van der Waals surface area contributed by atoms with E-state index in [4.69, 9.17) is 0 Å². The fourth-order valence-corrected chi connectivity index (χ4v) is 1.76. The highest BCUT2D eigenvalue weighted by atomic mass is 16.3.